The second kappa shape index (κ2) is 8.78. The van der Waals surface area contributed by atoms with Crippen molar-refractivity contribution < 1.29 is 9.53 Å². The van der Waals surface area contributed by atoms with Crippen LogP contribution >= 0.6 is 11.8 Å². The quantitative estimate of drug-likeness (QED) is 0.713. The maximum absolute atomic E-state index is 11.6. The Hall–Kier alpha value is -0.260. The molecule has 1 saturated heterocycles. The molecule has 5 heteroatoms. The number of carbonyl (C=O) groups excluding carboxylic acids is 1. The van der Waals surface area contributed by atoms with E-state index in [1.165, 1.54) is 12.8 Å². The number of nitrogens with one attached hydrogen (secondary N) is 2. The van der Waals surface area contributed by atoms with Gasteiger partial charge in [0.2, 0.25) is 5.91 Å². The van der Waals surface area contributed by atoms with Crippen LogP contribution in [-0.2, 0) is 9.53 Å². The molecule has 100 valence electrons. The van der Waals surface area contributed by atoms with Gasteiger partial charge >= 0.3 is 0 Å². The zero-order chi connectivity index (χ0) is 12.5. The van der Waals surface area contributed by atoms with E-state index in [-0.39, 0.29) is 5.91 Å². The van der Waals surface area contributed by atoms with Crippen molar-refractivity contribution in [2.75, 3.05) is 39.1 Å². The Morgan fingerprint density at radius 2 is 2.24 bits per heavy atom. The molecule has 0 bridgehead atoms. The third-order valence-electron chi connectivity index (χ3n) is 2.84. The van der Waals surface area contributed by atoms with Crippen LogP contribution in [0, 0.1) is 5.92 Å². The van der Waals surface area contributed by atoms with Crippen LogP contribution in [-0.4, -0.2) is 50.3 Å². The lowest BCUT2D eigenvalue weighted by Crippen LogP contribution is -2.33. The van der Waals surface area contributed by atoms with E-state index in [2.05, 4.69) is 17.6 Å². The number of methoxy groups -OCH3 is 1. The molecule has 1 heterocycles. The largest absolute Gasteiger partial charge is 0.384 e. The van der Waals surface area contributed by atoms with Gasteiger partial charge in [-0.05, 0) is 31.8 Å². The highest BCUT2D eigenvalue weighted by atomic mass is 32.2. The number of hydrogen-bond donors (Lipinski definition) is 2. The highest BCUT2D eigenvalue weighted by Gasteiger charge is 2.15. The zero-order valence-corrected chi connectivity index (χ0v) is 11.6. The summed E-state index contributed by atoms with van der Waals surface area (Å²) in [6.07, 6.45) is 2.36. The van der Waals surface area contributed by atoms with Crippen molar-refractivity contribution in [2.24, 2.45) is 5.92 Å². The molecule has 0 aromatic carbocycles. The minimum atomic E-state index is 0.150. The molecule has 0 aliphatic carbocycles. The van der Waals surface area contributed by atoms with Crippen molar-refractivity contribution >= 4 is 17.7 Å². The number of piperidine rings is 1. The first-order valence-corrected chi connectivity index (χ1v) is 7.35. The molecule has 0 aromatic heterocycles. The van der Waals surface area contributed by atoms with Crippen molar-refractivity contribution in [2.45, 2.75) is 25.0 Å². The Morgan fingerprint density at radius 3 is 2.88 bits per heavy atom. The lowest BCUT2D eigenvalue weighted by molar-refractivity contribution is -0.118. The maximum atomic E-state index is 11.6. The number of rotatable bonds is 7. The third kappa shape index (κ3) is 6.91. The number of amides is 1. The highest BCUT2D eigenvalue weighted by molar-refractivity contribution is 8.00. The monoisotopic (exact) mass is 260 g/mol. The van der Waals surface area contributed by atoms with Crippen LogP contribution in [0.5, 0.6) is 0 Å². The average molecular weight is 260 g/mol. The third-order valence-corrected chi connectivity index (χ3v) is 4.21. The van der Waals surface area contributed by atoms with Gasteiger partial charge in [0.25, 0.3) is 0 Å². The molecule has 2 N–H and O–H groups in total. The van der Waals surface area contributed by atoms with Crippen molar-refractivity contribution in [1.82, 2.24) is 10.6 Å². The van der Waals surface area contributed by atoms with Gasteiger partial charge in [0.1, 0.15) is 0 Å². The Labute approximate surface area is 108 Å². The lowest BCUT2D eigenvalue weighted by Gasteiger charge is -2.21. The molecule has 1 rings (SSSR count). The van der Waals surface area contributed by atoms with Gasteiger partial charge in [-0.1, -0.05) is 6.92 Å². The molecule has 0 saturated carbocycles. The number of carbonyl (C=O) groups is 1. The molecule has 1 unspecified atom stereocenters. The van der Waals surface area contributed by atoms with E-state index in [0.29, 0.717) is 30.1 Å². The molecular weight excluding hydrogens is 236 g/mol. The minimum absolute atomic E-state index is 0.150. The number of ether oxygens (including phenoxy) is 1. The molecule has 1 fully saturated rings. The van der Waals surface area contributed by atoms with Gasteiger partial charge in [0.15, 0.2) is 0 Å². The fourth-order valence-electron chi connectivity index (χ4n) is 1.84. The van der Waals surface area contributed by atoms with Gasteiger partial charge < -0.3 is 15.4 Å². The van der Waals surface area contributed by atoms with E-state index in [4.69, 9.17) is 4.74 Å². The molecule has 1 amide bonds. The second-order valence-electron chi connectivity index (χ2n) is 4.62. The van der Waals surface area contributed by atoms with Gasteiger partial charge in [-0.3, -0.25) is 4.79 Å². The summed E-state index contributed by atoms with van der Waals surface area (Å²) in [4.78, 5) is 11.6. The van der Waals surface area contributed by atoms with E-state index >= 15 is 0 Å². The SMILES string of the molecule is COCC(C)CNC(=O)CSC1CCNCC1. The van der Waals surface area contributed by atoms with Crippen molar-refractivity contribution in [1.29, 1.82) is 0 Å². The van der Waals surface area contributed by atoms with Crippen molar-refractivity contribution in [3.05, 3.63) is 0 Å². The van der Waals surface area contributed by atoms with Crippen LogP contribution in [0.25, 0.3) is 0 Å². The molecule has 1 atom stereocenters. The van der Waals surface area contributed by atoms with E-state index < -0.39 is 0 Å². The van der Waals surface area contributed by atoms with Gasteiger partial charge in [0.05, 0.1) is 12.4 Å². The lowest BCUT2D eigenvalue weighted by atomic mass is 10.2. The smallest absolute Gasteiger partial charge is 0.230 e. The van der Waals surface area contributed by atoms with Gasteiger partial charge in [-0.25, -0.2) is 0 Å². The highest BCUT2D eigenvalue weighted by Crippen LogP contribution is 2.19. The average Bonchev–Trinajstić information content (AvgIpc) is 2.35. The summed E-state index contributed by atoms with van der Waals surface area (Å²) in [6.45, 7) is 5.65. The molecule has 0 radical (unpaired) electrons. The number of hydrogen-bond acceptors (Lipinski definition) is 4. The summed E-state index contributed by atoms with van der Waals surface area (Å²) < 4.78 is 5.03. The molecule has 4 nitrogen and oxygen atoms in total. The minimum Gasteiger partial charge on any atom is -0.384 e. The summed E-state index contributed by atoms with van der Waals surface area (Å²) in [6, 6.07) is 0. The standard InChI is InChI=1S/C12H24N2O2S/c1-10(8-16-2)7-14-12(15)9-17-11-3-5-13-6-4-11/h10-11,13H,3-9H2,1-2H3,(H,14,15). The van der Waals surface area contributed by atoms with Crippen molar-refractivity contribution in [3.8, 4) is 0 Å². The van der Waals surface area contributed by atoms with Crippen LogP contribution in [0.2, 0.25) is 0 Å². The van der Waals surface area contributed by atoms with Gasteiger partial charge in [-0.15, -0.1) is 11.8 Å². The summed E-state index contributed by atoms with van der Waals surface area (Å²) in [5, 5.41) is 6.93. The fraction of sp³-hybridized carbons (Fsp3) is 0.917. The van der Waals surface area contributed by atoms with Gasteiger partial charge in [-0.2, -0.15) is 0 Å². The Morgan fingerprint density at radius 1 is 1.53 bits per heavy atom. The molecule has 1 aliphatic rings. The predicted molar refractivity (Wildman–Crippen MR) is 72.4 cm³/mol. The zero-order valence-electron chi connectivity index (χ0n) is 10.8. The molecular formula is C12H24N2O2S. The Kier molecular flexibility index (Phi) is 7.64. The van der Waals surface area contributed by atoms with E-state index in [9.17, 15) is 4.79 Å². The first-order valence-electron chi connectivity index (χ1n) is 6.30. The van der Waals surface area contributed by atoms with Crippen LogP contribution < -0.4 is 10.6 Å². The maximum Gasteiger partial charge on any atom is 0.230 e. The normalized spacial score (nSPS) is 18.9. The second-order valence-corrected chi connectivity index (χ2v) is 5.91. The summed E-state index contributed by atoms with van der Waals surface area (Å²) in [5.41, 5.74) is 0. The number of thioether (sulfide) groups is 1. The van der Waals surface area contributed by atoms with Crippen LogP contribution in [0.4, 0.5) is 0 Å². The van der Waals surface area contributed by atoms with Gasteiger partial charge in [0, 0.05) is 18.9 Å². The predicted octanol–water partition coefficient (Wildman–Crippen LogP) is 0.870. The summed E-state index contributed by atoms with van der Waals surface area (Å²) >= 11 is 1.79. The van der Waals surface area contributed by atoms with E-state index in [0.717, 1.165) is 13.1 Å². The first-order chi connectivity index (χ1) is 8.22. The van der Waals surface area contributed by atoms with Crippen LogP contribution in [0.15, 0.2) is 0 Å². The Bertz CT molecular complexity index is 221. The molecule has 0 spiro atoms. The van der Waals surface area contributed by atoms with Crippen LogP contribution in [0.1, 0.15) is 19.8 Å². The molecule has 1 aliphatic heterocycles. The fourth-order valence-corrected chi connectivity index (χ4v) is 2.90. The first kappa shape index (κ1) is 14.8. The topological polar surface area (TPSA) is 50.4 Å². The van der Waals surface area contributed by atoms with Crippen molar-refractivity contribution in [3.63, 3.8) is 0 Å². The van der Waals surface area contributed by atoms with Crippen LogP contribution in [0.3, 0.4) is 0 Å². The molecule has 17 heavy (non-hydrogen) atoms. The van der Waals surface area contributed by atoms with E-state index in [1.54, 1.807) is 18.9 Å². The summed E-state index contributed by atoms with van der Waals surface area (Å²) in [5.74, 6) is 1.12. The van der Waals surface area contributed by atoms with E-state index in [1.807, 2.05) is 0 Å². The molecule has 0 aromatic rings. The Balaban J connectivity index is 2.04. The summed E-state index contributed by atoms with van der Waals surface area (Å²) in [7, 11) is 1.69.